The number of hydrogen-bond donors (Lipinski definition) is 2. The Morgan fingerprint density at radius 2 is 2.27 bits per heavy atom. The highest BCUT2D eigenvalue weighted by Crippen LogP contribution is 2.40. The molecule has 0 aromatic carbocycles. The highest BCUT2D eigenvalue weighted by Gasteiger charge is 2.47. The van der Waals surface area contributed by atoms with Gasteiger partial charge in [-0.1, -0.05) is 0 Å². The molecule has 3 nitrogen and oxygen atoms in total. The average Bonchev–Trinajstić information content (AvgIpc) is 2.28. The minimum atomic E-state index is -2.86. The van der Waals surface area contributed by atoms with Crippen molar-refractivity contribution < 1.29 is 13.6 Å². The molecule has 0 saturated heterocycles. The van der Waals surface area contributed by atoms with Gasteiger partial charge in [0.05, 0.1) is 0 Å². The SMILES string of the molecule is NNC(=O)C1CCCC1(F)F. The number of carbonyl (C=O) groups is 1. The maximum atomic E-state index is 12.7. The number of hydrazine groups is 1. The standard InChI is InChI=1S/C6H10F2N2O/c7-6(8)3-1-2-4(6)5(11)10-9/h4H,1-3,9H2,(H,10,11). The lowest BCUT2D eigenvalue weighted by atomic mass is 10.1. The Morgan fingerprint density at radius 1 is 1.64 bits per heavy atom. The van der Waals surface area contributed by atoms with E-state index in [0.717, 1.165) is 0 Å². The summed E-state index contributed by atoms with van der Waals surface area (Å²) in [5.74, 6) is -0.0898. The summed E-state index contributed by atoms with van der Waals surface area (Å²) in [4.78, 5) is 10.7. The second-order valence-corrected chi connectivity index (χ2v) is 2.71. The average molecular weight is 164 g/mol. The van der Waals surface area contributed by atoms with Crippen molar-refractivity contribution in [2.45, 2.75) is 25.2 Å². The molecule has 1 aliphatic rings. The van der Waals surface area contributed by atoms with Crippen LogP contribution in [0.15, 0.2) is 0 Å². The lowest BCUT2D eigenvalue weighted by Crippen LogP contribution is -2.41. The molecule has 0 aromatic heterocycles. The molecule has 0 bridgehead atoms. The van der Waals surface area contributed by atoms with Gasteiger partial charge in [0.2, 0.25) is 5.91 Å². The molecule has 1 unspecified atom stereocenters. The summed E-state index contributed by atoms with van der Waals surface area (Å²) in [5, 5.41) is 0. The molecule has 1 aliphatic carbocycles. The number of amides is 1. The molecule has 1 atom stereocenters. The van der Waals surface area contributed by atoms with Gasteiger partial charge in [0, 0.05) is 6.42 Å². The van der Waals surface area contributed by atoms with Gasteiger partial charge < -0.3 is 0 Å². The van der Waals surface area contributed by atoms with E-state index in [0.29, 0.717) is 6.42 Å². The number of nitrogens with two attached hydrogens (primary N) is 1. The zero-order valence-electron chi connectivity index (χ0n) is 5.94. The highest BCUT2D eigenvalue weighted by atomic mass is 19.3. The molecule has 0 radical (unpaired) electrons. The maximum Gasteiger partial charge on any atom is 0.259 e. The summed E-state index contributed by atoms with van der Waals surface area (Å²) in [6.07, 6.45) is 0.423. The Labute approximate surface area is 62.9 Å². The Balaban J connectivity index is 2.64. The van der Waals surface area contributed by atoms with Crippen LogP contribution in [-0.2, 0) is 4.79 Å². The van der Waals surface area contributed by atoms with Gasteiger partial charge in [-0.2, -0.15) is 0 Å². The number of hydrogen-bond acceptors (Lipinski definition) is 2. The van der Waals surface area contributed by atoms with Gasteiger partial charge in [-0.25, -0.2) is 14.6 Å². The first kappa shape index (κ1) is 8.39. The molecule has 0 heterocycles. The van der Waals surface area contributed by atoms with E-state index in [-0.39, 0.29) is 12.8 Å². The maximum absolute atomic E-state index is 12.7. The number of nitrogens with one attached hydrogen (secondary N) is 1. The zero-order chi connectivity index (χ0) is 8.48. The van der Waals surface area contributed by atoms with Crippen LogP contribution in [0.2, 0.25) is 0 Å². The van der Waals surface area contributed by atoms with Crippen LogP contribution in [0.4, 0.5) is 8.78 Å². The summed E-state index contributed by atoms with van der Waals surface area (Å²) in [5.41, 5.74) is 1.74. The van der Waals surface area contributed by atoms with Gasteiger partial charge >= 0.3 is 0 Å². The summed E-state index contributed by atoms with van der Waals surface area (Å²) >= 11 is 0. The second kappa shape index (κ2) is 2.73. The van der Waals surface area contributed by atoms with Gasteiger partial charge in [-0.15, -0.1) is 0 Å². The molecule has 64 valence electrons. The Kier molecular flexibility index (Phi) is 2.08. The van der Waals surface area contributed by atoms with E-state index in [2.05, 4.69) is 0 Å². The Hall–Kier alpha value is -0.710. The Morgan fingerprint density at radius 3 is 2.64 bits per heavy atom. The van der Waals surface area contributed by atoms with Crippen molar-refractivity contribution in [3.63, 3.8) is 0 Å². The van der Waals surface area contributed by atoms with Crippen molar-refractivity contribution in [2.75, 3.05) is 0 Å². The molecule has 1 saturated carbocycles. The molecular weight excluding hydrogens is 154 g/mol. The summed E-state index contributed by atoms with van der Waals surface area (Å²) < 4.78 is 25.5. The van der Waals surface area contributed by atoms with Crippen LogP contribution in [0, 0.1) is 5.92 Å². The molecule has 0 aromatic rings. The number of alkyl halides is 2. The number of carbonyl (C=O) groups excluding carboxylic acids is 1. The third kappa shape index (κ3) is 1.48. The fourth-order valence-corrected chi connectivity index (χ4v) is 1.35. The minimum absolute atomic E-state index is 0.203. The van der Waals surface area contributed by atoms with Crippen LogP contribution in [0.25, 0.3) is 0 Å². The molecule has 11 heavy (non-hydrogen) atoms. The minimum Gasteiger partial charge on any atom is -0.294 e. The van der Waals surface area contributed by atoms with Crippen molar-refractivity contribution in [1.29, 1.82) is 0 Å². The predicted octanol–water partition coefficient (Wildman–Crippen LogP) is 0.412. The first-order valence-electron chi connectivity index (χ1n) is 3.46. The fourth-order valence-electron chi connectivity index (χ4n) is 1.35. The quantitative estimate of drug-likeness (QED) is 0.335. The van der Waals surface area contributed by atoms with Gasteiger partial charge in [0.1, 0.15) is 5.92 Å². The van der Waals surface area contributed by atoms with Crippen molar-refractivity contribution in [2.24, 2.45) is 11.8 Å². The van der Waals surface area contributed by atoms with E-state index < -0.39 is 17.7 Å². The van der Waals surface area contributed by atoms with E-state index in [1.54, 1.807) is 5.43 Å². The van der Waals surface area contributed by atoms with E-state index >= 15 is 0 Å². The van der Waals surface area contributed by atoms with Crippen molar-refractivity contribution in [1.82, 2.24) is 5.43 Å². The number of rotatable bonds is 1. The zero-order valence-corrected chi connectivity index (χ0v) is 5.94. The molecule has 5 heteroatoms. The van der Waals surface area contributed by atoms with Gasteiger partial charge in [-0.05, 0) is 12.8 Å². The van der Waals surface area contributed by atoms with Crippen molar-refractivity contribution in [3.05, 3.63) is 0 Å². The van der Waals surface area contributed by atoms with Crippen LogP contribution in [0.1, 0.15) is 19.3 Å². The summed E-state index contributed by atoms with van der Waals surface area (Å²) in [7, 11) is 0. The van der Waals surface area contributed by atoms with Gasteiger partial charge in [-0.3, -0.25) is 10.2 Å². The molecule has 1 amide bonds. The van der Waals surface area contributed by atoms with Crippen LogP contribution in [0.3, 0.4) is 0 Å². The van der Waals surface area contributed by atoms with E-state index in [1.165, 1.54) is 0 Å². The first-order valence-corrected chi connectivity index (χ1v) is 3.46. The third-order valence-corrected chi connectivity index (χ3v) is 1.97. The van der Waals surface area contributed by atoms with Crippen LogP contribution in [-0.4, -0.2) is 11.8 Å². The topological polar surface area (TPSA) is 55.1 Å². The normalized spacial score (nSPS) is 28.5. The van der Waals surface area contributed by atoms with Crippen molar-refractivity contribution in [3.8, 4) is 0 Å². The Bertz CT molecular complexity index is 172. The molecule has 3 N–H and O–H groups in total. The fraction of sp³-hybridized carbons (Fsp3) is 0.833. The summed E-state index contributed by atoms with van der Waals surface area (Å²) in [6.45, 7) is 0. The van der Waals surface area contributed by atoms with Crippen LogP contribution >= 0.6 is 0 Å². The first-order chi connectivity index (χ1) is 5.08. The smallest absolute Gasteiger partial charge is 0.259 e. The highest BCUT2D eigenvalue weighted by molar-refractivity contribution is 5.79. The largest absolute Gasteiger partial charge is 0.294 e. The van der Waals surface area contributed by atoms with Crippen LogP contribution in [0.5, 0.6) is 0 Å². The van der Waals surface area contributed by atoms with Crippen molar-refractivity contribution >= 4 is 5.91 Å². The second-order valence-electron chi connectivity index (χ2n) is 2.71. The number of halogens is 2. The van der Waals surface area contributed by atoms with E-state index in [1.807, 2.05) is 0 Å². The summed E-state index contributed by atoms with van der Waals surface area (Å²) in [6, 6.07) is 0. The molecule has 1 rings (SSSR count). The van der Waals surface area contributed by atoms with E-state index in [4.69, 9.17) is 5.84 Å². The molecule has 0 aliphatic heterocycles. The molecule has 0 spiro atoms. The van der Waals surface area contributed by atoms with Gasteiger partial charge in [0.15, 0.2) is 0 Å². The van der Waals surface area contributed by atoms with Gasteiger partial charge in [0.25, 0.3) is 5.92 Å². The monoisotopic (exact) mass is 164 g/mol. The molecular formula is C6H10F2N2O. The van der Waals surface area contributed by atoms with Crippen LogP contribution < -0.4 is 11.3 Å². The third-order valence-electron chi connectivity index (χ3n) is 1.97. The molecule has 1 fully saturated rings. The van der Waals surface area contributed by atoms with E-state index in [9.17, 15) is 13.6 Å². The lowest BCUT2D eigenvalue weighted by molar-refractivity contribution is -0.136. The predicted molar refractivity (Wildman–Crippen MR) is 34.6 cm³/mol. The lowest BCUT2D eigenvalue weighted by Gasteiger charge is -2.16.